The molecular formula is C50H32N2O. The van der Waals surface area contributed by atoms with Crippen molar-refractivity contribution in [3.63, 3.8) is 0 Å². The molecule has 53 heavy (non-hydrogen) atoms. The fourth-order valence-electron chi connectivity index (χ4n) is 8.33. The first-order chi connectivity index (χ1) is 26.3. The summed E-state index contributed by atoms with van der Waals surface area (Å²) in [5, 5.41) is 9.58. The summed E-state index contributed by atoms with van der Waals surface area (Å²) in [4.78, 5) is 2.35. The van der Waals surface area contributed by atoms with E-state index in [9.17, 15) is 0 Å². The lowest BCUT2D eigenvalue weighted by atomic mass is 9.98. The van der Waals surface area contributed by atoms with Crippen LogP contribution in [-0.2, 0) is 0 Å². The lowest BCUT2D eigenvalue weighted by Crippen LogP contribution is -2.10. The lowest BCUT2D eigenvalue weighted by molar-refractivity contribution is 0.669. The Morgan fingerprint density at radius 2 is 0.981 bits per heavy atom. The zero-order chi connectivity index (χ0) is 34.9. The van der Waals surface area contributed by atoms with Gasteiger partial charge in [0, 0.05) is 50.1 Å². The normalized spacial score (nSPS) is 11.8. The number of fused-ring (bicyclic) bond motifs is 8. The molecule has 11 rings (SSSR count). The van der Waals surface area contributed by atoms with Crippen LogP contribution in [0.5, 0.6) is 0 Å². The minimum atomic E-state index is 0.856. The average molecular weight is 677 g/mol. The molecule has 3 heteroatoms. The molecule has 0 aliphatic heterocycles. The van der Waals surface area contributed by atoms with Gasteiger partial charge in [-0.05, 0) is 87.9 Å². The molecule has 0 saturated heterocycles. The Balaban J connectivity index is 1.06. The predicted molar refractivity (Wildman–Crippen MR) is 223 cm³/mol. The molecule has 0 N–H and O–H groups in total. The van der Waals surface area contributed by atoms with E-state index in [4.69, 9.17) is 4.42 Å². The third-order valence-electron chi connectivity index (χ3n) is 10.8. The maximum absolute atomic E-state index is 6.63. The second kappa shape index (κ2) is 11.7. The van der Waals surface area contributed by atoms with E-state index >= 15 is 0 Å². The summed E-state index contributed by atoms with van der Waals surface area (Å²) in [5.41, 5.74) is 10.9. The molecule has 2 aromatic heterocycles. The van der Waals surface area contributed by atoms with Crippen molar-refractivity contribution < 1.29 is 4.42 Å². The van der Waals surface area contributed by atoms with Crippen molar-refractivity contribution in [3.8, 4) is 16.8 Å². The third kappa shape index (κ3) is 4.68. The van der Waals surface area contributed by atoms with Crippen LogP contribution in [0, 0.1) is 0 Å². The van der Waals surface area contributed by atoms with E-state index in [2.05, 4.69) is 204 Å². The Hall–Kier alpha value is -7.10. The standard InChI is InChI=1S/C50H32N2O/c1-3-15-39-33(11-1)13-9-19-40(39)35-23-25-36(26-24-35)51(46-22-10-14-34-12-2-4-16-41(34)46)38-27-29-44-45-31-37(28-30-49(45)53-50(44)32-38)52-47-20-7-5-17-42(47)43-18-6-8-21-48(43)52/h1-32H. The summed E-state index contributed by atoms with van der Waals surface area (Å²) in [6.45, 7) is 0. The third-order valence-corrected chi connectivity index (χ3v) is 10.8. The van der Waals surface area contributed by atoms with Crippen LogP contribution in [0.1, 0.15) is 0 Å². The van der Waals surface area contributed by atoms with Crippen LogP contribution < -0.4 is 4.90 Å². The molecule has 0 atom stereocenters. The molecule has 3 nitrogen and oxygen atoms in total. The molecule has 9 aromatic carbocycles. The van der Waals surface area contributed by atoms with Gasteiger partial charge in [-0.25, -0.2) is 0 Å². The van der Waals surface area contributed by atoms with Gasteiger partial charge in [0.2, 0.25) is 0 Å². The van der Waals surface area contributed by atoms with Gasteiger partial charge in [-0.15, -0.1) is 0 Å². The van der Waals surface area contributed by atoms with Gasteiger partial charge in [-0.1, -0.05) is 127 Å². The van der Waals surface area contributed by atoms with Gasteiger partial charge >= 0.3 is 0 Å². The summed E-state index contributed by atoms with van der Waals surface area (Å²) in [6, 6.07) is 69.7. The summed E-state index contributed by atoms with van der Waals surface area (Å²) in [5.74, 6) is 0. The highest BCUT2D eigenvalue weighted by atomic mass is 16.3. The number of anilines is 3. The van der Waals surface area contributed by atoms with Crippen molar-refractivity contribution in [3.05, 3.63) is 194 Å². The fraction of sp³-hybridized carbons (Fsp3) is 0. The Kier molecular flexibility index (Phi) is 6.55. The molecule has 0 saturated carbocycles. The van der Waals surface area contributed by atoms with Crippen molar-refractivity contribution in [2.45, 2.75) is 0 Å². The number of benzene rings is 9. The average Bonchev–Trinajstić information content (AvgIpc) is 3.76. The van der Waals surface area contributed by atoms with Gasteiger partial charge in [0.15, 0.2) is 0 Å². The topological polar surface area (TPSA) is 21.3 Å². The van der Waals surface area contributed by atoms with Crippen molar-refractivity contribution in [1.29, 1.82) is 0 Å². The number of rotatable bonds is 5. The molecule has 0 amide bonds. The van der Waals surface area contributed by atoms with Gasteiger partial charge in [0.1, 0.15) is 11.2 Å². The Morgan fingerprint density at radius 3 is 1.74 bits per heavy atom. The molecular weight excluding hydrogens is 645 g/mol. The van der Waals surface area contributed by atoms with Gasteiger partial charge in [-0.2, -0.15) is 0 Å². The maximum Gasteiger partial charge on any atom is 0.137 e. The molecule has 0 aliphatic carbocycles. The molecule has 0 aliphatic rings. The highest BCUT2D eigenvalue weighted by Crippen LogP contribution is 2.43. The van der Waals surface area contributed by atoms with Crippen LogP contribution in [-0.4, -0.2) is 4.57 Å². The summed E-state index contributed by atoms with van der Waals surface area (Å²) in [7, 11) is 0. The lowest BCUT2D eigenvalue weighted by Gasteiger charge is -2.27. The van der Waals surface area contributed by atoms with Crippen LogP contribution in [0.2, 0.25) is 0 Å². The van der Waals surface area contributed by atoms with Crippen LogP contribution in [0.3, 0.4) is 0 Å². The molecule has 0 fully saturated rings. The molecule has 0 unspecified atom stereocenters. The highest BCUT2D eigenvalue weighted by molar-refractivity contribution is 6.11. The van der Waals surface area contributed by atoms with E-state index < -0.39 is 0 Å². The van der Waals surface area contributed by atoms with E-state index in [0.717, 1.165) is 44.7 Å². The van der Waals surface area contributed by atoms with E-state index in [-0.39, 0.29) is 0 Å². The molecule has 0 spiro atoms. The smallest absolute Gasteiger partial charge is 0.137 e. The molecule has 0 radical (unpaired) electrons. The van der Waals surface area contributed by atoms with Crippen molar-refractivity contribution >= 4 is 82.4 Å². The number of hydrogen-bond donors (Lipinski definition) is 0. The van der Waals surface area contributed by atoms with Crippen LogP contribution in [0.4, 0.5) is 17.1 Å². The second-order valence-corrected chi connectivity index (χ2v) is 13.7. The van der Waals surface area contributed by atoms with E-state index in [1.165, 1.54) is 54.5 Å². The Bertz CT molecular complexity index is 3120. The molecule has 0 bridgehead atoms. The zero-order valence-electron chi connectivity index (χ0n) is 28.8. The van der Waals surface area contributed by atoms with E-state index in [1.807, 2.05) is 0 Å². The minimum Gasteiger partial charge on any atom is -0.456 e. The fourth-order valence-corrected chi connectivity index (χ4v) is 8.33. The first-order valence-corrected chi connectivity index (χ1v) is 18.1. The number of aromatic nitrogens is 1. The van der Waals surface area contributed by atoms with Crippen molar-refractivity contribution in [1.82, 2.24) is 4.57 Å². The Labute approximate surface area is 306 Å². The SMILES string of the molecule is c1ccc2c(-c3ccc(N(c4ccc5c(c4)oc4ccc(-n6c7ccccc7c7ccccc76)cc45)c4cccc5ccccc45)cc3)cccc2c1. The Morgan fingerprint density at radius 1 is 0.377 bits per heavy atom. The second-order valence-electron chi connectivity index (χ2n) is 13.7. The first kappa shape index (κ1) is 29.6. The van der Waals surface area contributed by atoms with Gasteiger partial charge in [-0.3, -0.25) is 0 Å². The van der Waals surface area contributed by atoms with Crippen molar-refractivity contribution in [2.75, 3.05) is 4.90 Å². The zero-order valence-corrected chi connectivity index (χ0v) is 28.8. The van der Waals surface area contributed by atoms with Gasteiger partial charge < -0.3 is 13.9 Å². The summed E-state index contributed by atoms with van der Waals surface area (Å²) in [6.07, 6.45) is 0. The first-order valence-electron chi connectivity index (χ1n) is 18.1. The number of hydrogen-bond acceptors (Lipinski definition) is 2. The minimum absolute atomic E-state index is 0.856. The molecule has 11 aromatic rings. The number of furan rings is 1. The summed E-state index contributed by atoms with van der Waals surface area (Å²) < 4.78 is 8.99. The molecule has 2 heterocycles. The monoisotopic (exact) mass is 676 g/mol. The highest BCUT2D eigenvalue weighted by Gasteiger charge is 2.19. The molecule has 248 valence electrons. The van der Waals surface area contributed by atoms with Crippen LogP contribution >= 0.6 is 0 Å². The predicted octanol–water partition coefficient (Wildman–Crippen LogP) is 14.1. The van der Waals surface area contributed by atoms with Crippen LogP contribution in [0.15, 0.2) is 199 Å². The number of nitrogens with zero attached hydrogens (tertiary/aromatic N) is 2. The van der Waals surface area contributed by atoms with E-state index in [0.29, 0.717) is 0 Å². The quantitative estimate of drug-likeness (QED) is 0.181. The summed E-state index contributed by atoms with van der Waals surface area (Å²) >= 11 is 0. The number of para-hydroxylation sites is 2. The maximum atomic E-state index is 6.63. The van der Waals surface area contributed by atoms with Gasteiger partial charge in [0.25, 0.3) is 0 Å². The largest absolute Gasteiger partial charge is 0.456 e. The van der Waals surface area contributed by atoms with Crippen LogP contribution in [0.25, 0.3) is 82.1 Å². The van der Waals surface area contributed by atoms with Gasteiger partial charge in [0.05, 0.1) is 16.7 Å². The van der Waals surface area contributed by atoms with E-state index in [1.54, 1.807) is 0 Å². The van der Waals surface area contributed by atoms with Crippen molar-refractivity contribution in [2.24, 2.45) is 0 Å².